The van der Waals surface area contributed by atoms with E-state index in [1.165, 1.54) is 9.80 Å². The standard InChI is InChI=1S/C15H21N3O3/c1-4-16-13(11-6-5-7-12(8-11)21-3)9-18-14(19)10-17(2)15(18)20/h5-8,13,16H,4,9-10H2,1-3H3. The van der Waals surface area contributed by atoms with Crippen LogP contribution in [0.1, 0.15) is 18.5 Å². The summed E-state index contributed by atoms with van der Waals surface area (Å²) in [6.07, 6.45) is 0. The molecule has 6 heteroatoms. The van der Waals surface area contributed by atoms with Crippen LogP contribution in [0.2, 0.25) is 0 Å². The number of ether oxygens (including phenoxy) is 1. The summed E-state index contributed by atoms with van der Waals surface area (Å²) >= 11 is 0. The minimum atomic E-state index is -0.245. The number of amides is 3. The molecule has 1 aliphatic heterocycles. The van der Waals surface area contributed by atoms with Crippen molar-refractivity contribution in [2.45, 2.75) is 13.0 Å². The van der Waals surface area contributed by atoms with Crippen LogP contribution in [0, 0.1) is 0 Å². The molecule has 6 nitrogen and oxygen atoms in total. The maximum atomic E-state index is 12.0. The van der Waals surface area contributed by atoms with Crippen molar-refractivity contribution in [3.63, 3.8) is 0 Å². The highest BCUT2D eigenvalue weighted by Gasteiger charge is 2.35. The Kier molecular flexibility index (Phi) is 4.80. The third-order valence-corrected chi connectivity index (χ3v) is 3.54. The first kappa shape index (κ1) is 15.3. The first-order valence-corrected chi connectivity index (χ1v) is 6.99. The largest absolute Gasteiger partial charge is 0.497 e. The van der Waals surface area contributed by atoms with E-state index >= 15 is 0 Å². The van der Waals surface area contributed by atoms with Crippen molar-refractivity contribution in [2.24, 2.45) is 0 Å². The summed E-state index contributed by atoms with van der Waals surface area (Å²) < 4.78 is 5.23. The van der Waals surface area contributed by atoms with E-state index in [9.17, 15) is 9.59 Å². The predicted molar refractivity (Wildman–Crippen MR) is 79.2 cm³/mol. The van der Waals surface area contributed by atoms with Gasteiger partial charge in [0.1, 0.15) is 12.3 Å². The molecular weight excluding hydrogens is 270 g/mol. The number of nitrogens with zero attached hydrogens (tertiary/aromatic N) is 2. The van der Waals surface area contributed by atoms with Crippen LogP contribution in [-0.2, 0) is 4.79 Å². The second kappa shape index (κ2) is 6.58. The summed E-state index contributed by atoms with van der Waals surface area (Å²) in [4.78, 5) is 26.6. The maximum absolute atomic E-state index is 12.0. The molecule has 1 atom stereocenters. The Morgan fingerprint density at radius 1 is 1.38 bits per heavy atom. The van der Waals surface area contributed by atoms with Crippen molar-refractivity contribution in [2.75, 3.05) is 33.8 Å². The Balaban J connectivity index is 2.19. The number of rotatable bonds is 6. The van der Waals surface area contributed by atoms with Crippen LogP contribution in [0.5, 0.6) is 5.75 Å². The Hall–Kier alpha value is -2.08. The molecule has 1 aromatic rings. The molecule has 1 fully saturated rings. The predicted octanol–water partition coefficient (Wildman–Crippen LogP) is 1.24. The lowest BCUT2D eigenvalue weighted by molar-refractivity contribution is -0.125. The van der Waals surface area contributed by atoms with Crippen LogP contribution in [0.3, 0.4) is 0 Å². The number of hydrogen-bond donors (Lipinski definition) is 1. The molecular formula is C15H21N3O3. The number of likely N-dealkylation sites (N-methyl/N-ethyl adjacent to an activating group) is 2. The lowest BCUT2D eigenvalue weighted by Gasteiger charge is -2.23. The normalized spacial score (nSPS) is 16.5. The van der Waals surface area contributed by atoms with Crippen LogP contribution in [0.4, 0.5) is 4.79 Å². The molecule has 0 radical (unpaired) electrons. The van der Waals surface area contributed by atoms with E-state index < -0.39 is 0 Å². The molecule has 114 valence electrons. The second-order valence-corrected chi connectivity index (χ2v) is 5.03. The van der Waals surface area contributed by atoms with Crippen molar-refractivity contribution < 1.29 is 14.3 Å². The number of benzene rings is 1. The average molecular weight is 291 g/mol. The van der Waals surface area contributed by atoms with E-state index in [-0.39, 0.29) is 24.5 Å². The SMILES string of the molecule is CCNC(CN1C(=O)CN(C)C1=O)c1cccc(OC)c1. The fraction of sp³-hybridized carbons (Fsp3) is 0.467. The van der Waals surface area contributed by atoms with Gasteiger partial charge in [-0.3, -0.25) is 9.69 Å². The minimum absolute atomic E-state index is 0.107. The fourth-order valence-electron chi connectivity index (χ4n) is 2.42. The van der Waals surface area contributed by atoms with Crippen LogP contribution < -0.4 is 10.1 Å². The highest BCUT2D eigenvalue weighted by Crippen LogP contribution is 2.21. The fourth-order valence-corrected chi connectivity index (χ4v) is 2.42. The van der Waals surface area contributed by atoms with Gasteiger partial charge in [-0.05, 0) is 24.2 Å². The molecule has 21 heavy (non-hydrogen) atoms. The van der Waals surface area contributed by atoms with Crippen molar-refractivity contribution in [3.05, 3.63) is 29.8 Å². The molecule has 1 heterocycles. The van der Waals surface area contributed by atoms with Gasteiger partial charge in [0.25, 0.3) is 0 Å². The van der Waals surface area contributed by atoms with E-state index in [1.807, 2.05) is 31.2 Å². The summed E-state index contributed by atoms with van der Waals surface area (Å²) in [5.41, 5.74) is 0.992. The molecule has 1 saturated heterocycles. The smallest absolute Gasteiger partial charge is 0.327 e. The molecule has 2 rings (SSSR count). The van der Waals surface area contributed by atoms with E-state index in [0.717, 1.165) is 17.9 Å². The van der Waals surface area contributed by atoms with Gasteiger partial charge in [-0.15, -0.1) is 0 Å². The molecule has 0 saturated carbocycles. The topological polar surface area (TPSA) is 61.9 Å². The van der Waals surface area contributed by atoms with Crippen molar-refractivity contribution in [1.29, 1.82) is 0 Å². The molecule has 3 amide bonds. The Labute approximate surface area is 124 Å². The summed E-state index contributed by atoms with van der Waals surface area (Å²) in [6.45, 7) is 3.21. The third kappa shape index (κ3) is 3.33. The molecule has 1 N–H and O–H groups in total. The second-order valence-electron chi connectivity index (χ2n) is 5.03. The van der Waals surface area contributed by atoms with Gasteiger partial charge in [0.05, 0.1) is 13.2 Å². The van der Waals surface area contributed by atoms with Gasteiger partial charge in [-0.2, -0.15) is 0 Å². The average Bonchev–Trinajstić information content (AvgIpc) is 2.73. The zero-order chi connectivity index (χ0) is 15.4. The van der Waals surface area contributed by atoms with Gasteiger partial charge in [0, 0.05) is 13.6 Å². The Morgan fingerprint density at radius 3 is 2.71 bits per heavy atom. The summed E-state index contributed by atoms with van der Waals surface area (Å²) in [7, 11) is 3.25. The number of carbonyl (C=O) groups is 2. The molecule has 0 aromatic heterocycles. The highest BCUT2D eigenvalue weighted by molar-refractivity contribution is 6.01. The highest BCUT2D eigenvalue weighted by atomic mass is 16.5. The van der Waals surface area contributed by atoms with Crippen LogP contribution >= 0.6 is 0 Å². The number of urea groups is 1. The third-order valence-electron chi connectivity index (χ3n) is 3.54. The Bertz CT molecular complexity index is 533. The van der Waals surface area contributed by atoms with Gasteiger partial charge in [0.2, 0.25) is 5.91 Å². The van der Waals surface area contributed by atoms with Crippen LogP contribution in [0.25, 0.3) is 0 Å². The maximum Gasteiger partial charge on any atom is 0.327 e. The van der Waals surface area contributed by atoms with Crippen molar-refractivity contribution in [3.8, 4) is 5.75 Å². The lowest BCUT2D eigenvalue weighted by atomic mass is 10.1. The minimum Gasteiger partial charge on any atom is -0.497 e. The zero-order valence-electron chi connectivity index (χ0n) is 12.6. The van der Waals surface area contributed by atoms with Gasteiger partial charge in [-0.1, -0.05) is 19.1 Å². The van der Waals surface area contributed by atoms with Crippen molar-refractivity contribution >= 4 is 11.9 Å². The Morgan fingerprint density at radius 2 is 2.14 bits per heavy atom. The van der Waals surface area contributed by atoms with E-state index in [1.54, 1.807) is 14.2 Å². The number of carbonyl (C=O) groups excluding carboxylic acids is 2. The van der Waals surface area contributed by atoms with Gasteiger partial charge in [-0.25, -0.2) is 4.79 Å². The van der Waals surface area contributed by atoms with E-state index in [4.69, 9.17) is 4.74 Å². The van der Waals surface area contributed by atoms with Gasteiger partial charge in [0.15, 0.2) is 0 Å². The zero-order valence-corrected chi connectivity index (χ0v) is 12.6. The van der Waals surface area contributed by atoms with Crippen molar-refractivity contribution in [1.82, 2.24) is 15.1 Å². The summed E-state index contributed by atoms with van der Waals surface area (Å²) in [5, 5.41) is 3.31. The first-order valence-electron chi connectivity index (χ1n) is 6.99. The van der Waals surface area contributed by atoms with E-state index in [2.05, 4.69) is 5.32 Å². The quantitative estimate of drug-likeness (QED) is 0.801. The lowest BCUT2D eigenvalue weighted by Crippen LogP contribution is -2.39. The number of nitrogens with one attached hydrogen (secondary N) is 1. The first-order chi connectivity index (χ1) is 10.1. The number of imide groups is 1. The monoisotopic (exact) mass is 291 g/mol. The summed E-state index contributed by atoms with van der Waals surface area (Å²) in [5.74, 6) is 0.597. The van der Waals surface area contributed by atoms with E-state index in [0.29, 0.717) is 6.54 Å². The molecule has 1 aliphatic rings. The number of methoxy groups -OCH3 is 1. The molecule has 0 spiro atoms. The molecule has 0 bridgehead atoms. The molecule has 0 aliphatic carbocycles. The molecule has 1 unspecified atom stereocenters. The summed E-state index contributed by atoms with van der Waals surface area (Å²) in [6, 6.07) is 7.30. The van der Waals surface area contributed by atoms with Crippen LogP contribution in [0.15, 0.2) is 24.3 Å². The number of hydrogen-bond acceptors (Lipinski definition) is 4. The van der Waals surface area contributed by atoms with Crippen LogP contribution in [-0.4, -0.2) is 55.5 Å². The molecule has 1 aromatic carbocycles. The van der Waals surface area contributed by atoms with Gasteiger partial charge < -0.3 is 15.0 Å². The van der Waals surface area contributed by atoms with Gasteiger partial charge >= 0.3 is 6.03 Å².